The predicted molar refractivity (Wildman–Crippen MR) is 89.3 cm³/mol. The van der Waals surface area contributed by atoms with Crippen molar-refractivity contribution in [2.24, 2.45) is 0 Å². The molecule has 0 aliphatic heterocycles. The highest BCUT2D eigenvalue weighted by Crippen LogP contribution is 2.28. The zero-order valence-electron chi connectivity index (χ0n) is 13.6. The fraction of sp³-hybridized carbons (Fsp3) is 0.353. The summed E-state index contributed by atoms with van der Waals surface area (Å²) in [6, 6.07) is 3.59. The van der Waals surface area contributed by atoms with E-state index in [0.717, 1.165) is 24.1 Å². The lowest BCUT2D eigenvalue weighted by Gasteiger charge is -2.16. The molecule has 2 aromatic heterocycles. The van der Waals surface area contributed by atoms with Crippen molar-refractivity contribution in [3.8, 4) is 0 Å². The highest BCUT2D eigenvalue weighted by atomic mass is 16.2. The zero-order valence-corrected chi connectivity index (χ0v) is 13.6. The third-order valence-electron chi connectivity index (χ3n) is 4.12. The van der Waals surface area contributed by atoms with Crippen LogP contribution in [0.3, 0.4) is 0 Å². The maximum atomic E-state index is 12.6. The van der Waals surface area contributed by atoms with Gasteiger partial charge in [0.1, 0.15) is 5.69 Å². The summed E-state index contributed by atoms with van der Waals surface area (Å²) in [5.41, 5.74) is 3.40. The maximum absolute atomic E-state index is 12.6. The van der Waals surface area contributed by atoms with Gasteiger partial charge in [0.2, 0.25) is 0 Å². The first-order valence-corrected chi connectivity index (χ1v) is 7.67. The van der Waals surface area contributed by atoms with Gasteiger partial charge in [-0.3, -0.25) is 9.59 Å². The van der Waals surface area contributed by atoms with Crippen LogP contribution < -0.4 is 10.2 Å². The highest BCUT2D eigenvalue weighted by molar-refractivity contribution is 6.09. The number of aromatic amines is 1. The number of nitrogens with one attached hydrogen (secondary N) is 2. The number of aryl methyl sites for hydroxylation is 1. The molecular formula is C17H20N4O2. The van der Waals surface area contributed by atoms with E-state index in [1.54, 1.807) is 12.3 Å². The summed E-state index contributed by atoms with van der Waals surface area (Å²) in [5, 5.41) is 2.89. The fourth-order valence-corrected chi connectivity index (χ4v) is 3.04. The number of Topliss-reactive ketones (excluding diaryl/α,β-unsaturated/α-hetero) is 1. The van der Waals surface area contributed by atoms with Crippen LogP contribution in [0.4, 0.5) is 11.5 Å². The molecule has 3 rings (SSSR count). The minimum Gasteiger partial charge on any atom is -0.361 e. The van der Waals surface area contributed by atoms with Gasteiger partial charge in [-0.2, -0.15) is 0 Å². The molecule has 0 bridgehead atoms. The van der Waals surface area contributed by atoms with E-state index < -0.39 is 0 Å². The number of carbonyl (C=O) groups is 2. The Morgan fingerprint density at radius 2 is 2.13 bits per heavy atom. The second-order valence-corrected chi connectivity index (χ2v) is 5.98. The first-order chi connectivity index (χ1) is 11.0. The molecule has 1 amide bonds. The molecule has 2 N–H and O–H groups in total. The zero-order chi connectivity index (χ0) is 16.6. The van der Waals surface area contributed by atoms with Crippen molar-refractivity contribution >= 4 is 23.2 Å². The summed E-state index contributed by atoms with van der Waals surface area (Å²) in [7, 11) is 3.74. The molecule has 120 valence electrons. The lowest BCUT2D eigenvalue weighted by Crippen LogP contribution is -2.18. The summed E-state index contributed by atoms with van der Waals surface area (Å²) in [6.07, 6.45) is 3.88. The molecule has 23 heavy (non-hydrogen) atoms. The number of fused-ring (bicyclic) bond motifs is 1. The number of ketones is 1. The van der Waals surface area contributed by atoms with Gasteiger partial charge in [-0.25, -0.2) is 4.98 Å². The van der Waals surface area contributed by atoms with Gasteiger partial charge in [0.05, 0.1) is 5.69 Å². The van der Waals surface area contributed by atoms with E-state index in [9.17, 15) is 9.59 Å². The number of hydrogen-bond acceptors (Lipinski definition) is 4. The Labute approximate surface area is 134 Å². The Kier molecular flexibility index (Phi) is 3.90. The van der Waals surface area contributed by atoms with Gasteiger partial charge in [0.25, 0.3) is 5.91 Å². The Morgan fingerprint density at radius 1 is 1.35 bits per heavy atom. The molecule has 6 nitrogen and oxygen atoms in total. The normalized spacial score (nSPS) is 13.6. The Bertz CT molecular complexity index is 777. The van der Waals surface area contributed by atoms with Gasteiger partial charge in [-0.05, 0) is 37.5 Å². The van der Waals surface area contributed by atoms with E-state index in [1.165, 1.54) is 0 Å². The van der Waals surface area contributed by atoms with Gasteiger partial charge in [-0.15, -0.1) is 0 Å². The standard InChI is InChI=1S/C17H20N4O2/c1-10-14-11(6-4-8-13(14)22)19-15(10)17(23)20-12-7-5-9-18-16(12)21(2)3/h5,7,9,19H,4,6,8H2,1-3H3,(H,20,23). The van der Waals surface area contributed by atoms with Crippen LogP contribution in [0.15, 0.2) is 18.3 Å². The minimum absolute atomic E-state index is 0.120. The van der Waals surface area contributed by atoms with Crippen LogP contribution in [-0.4, -0.2) is 35.8 Å². The largest absolute Gasteiger partial charge is 0.361 e. The van der Waals surface area contributed by atoms with E-state index in [2.05, 4.69) is 15.3 Å². The van der Waals surface area contributed by atoms with Crippen LogP contribution in [0.2, 0.25) is 0 Å². The van der Waals surface area contributed by atoms with Crippen molar-refractivity contribution in [3.63, 3.8) is 0 Å². The molecule has 0 unspecified atom stereocenters. The van der Waals surface area contributed by atoms with E-state index >= 15 is 0 Å². The van der Waals surface area contributed by atoms with Gasteiger partial charge < -0.3 is 15.2 Å². The SMILES string of the molecule is Cc1c(C(=O)Nc2cccnc2N(C)C)[nH]c2c1C(=O)CCC2. The summed E-state index contributed by atoms with van der Waals surface area (Å²) in [5.74, 6) is 0.557. The summed E-state index contributed by atoms with van der Waals surface area (Å²) >= 11 is 0. The number of carbonyl (C=O) groups excluding carboxylic acids is 2. The fourth-order valence-electron chi connectivity index (χ4n) is 3.04. The Hall–Kier alpha value is -2.63. The summed E-state index contributed by atoms with van der Waals surface area (Å²) < 4.78 is 0. The van der Waals surface area contributed by atoms with Gasteiger partial charge >= 0.3 is 0 Å². The molecular weight excluding hydrogens is 292 g/mol. The number of anilines is 2. The molecule has 2 aromatic rings. The van der Waals surface area contributed by atoms with Crippen LogP contribution >= 0.6 is 0 Å². The van der Waals surface area contributed by atoms with Crippen LogP contribution in [0.5, 0.6) is 0 Å². The van der Waals surface area contributed by atoms with E-state index in [0.29, 0.717) is 29.2 Å². The lowest BCUT2D eigenvalue weighted by atomic mass is 9.94. The number of hydrogen-bond donors (Lipinski definition) is 2. The number of H-pyrrole nitrogens is 1. The molecule has 0 saturated carbocycles. The van der Waals surface area contributed by atoms with Crippen molar-refractivity contribution in [3.05, 3.63) is 40.8 Å². The molecule has 0 fully saturated rings. The Morgan fingerprint density at radius 3 is 2.83 bits per heavy atom. The second kappa shape index (κ2) is 5.87. The number of aromatic nitrogens is 2. The number of rotatable bonds is 3. The van der Waals surface area contributed by atoms with Gasteiger partial charge in [0.15, 0.2) is 11.6 Å². The van der Waals surface area contributed by atoms with Gasteiger partial charge in [-0.1, -0.05) is 0 Å². The molecule has 0 aromatic carbocycles. The van der Waals surface area contributed by atoms with Crippen LogP contribution in [0.1, 0.15) is 44.9 Å². The number of amides is 1. The van der Waals surface area contributed by atoms with E-state index in [-0.39, 0.29) is 11.7 Å². The topological polar surface area (TPSA) is 78.1 Å². The van der Waals surface area contributed by atoms with Gasteiger partial charge in [0, 0.05) is 38.0 Å². The van der Waals surface area contributed by atoms with Crippen molar-refractivity contribution < 1.29 is 9.59 Å². The average Bonchev–Trinajstić information content (AvgIpc) is 2.86. The van der Waals surface area contributed by atoms with Crippen molar-refractivity contribution in [2.45, 2.75) is 26.2 Å². The first kappa shape index (κ1) is 15.3. The Balaban J connectivity index is 1.92. The van der Waals surface area contributed by atoms with Crippen molar-refractivity contribution in [1.29, 1.82) is 0 Å². The monoisotopic (exact) mass is 312 g/mol. The molecule has 0 atom stereocenters. The summed E-state index contributed by atoms with van der Waals surface area (Å²) in [4.78, 5) is 34.0. The van der Waals surface area contributed by atoms with Crippen LogP contribution in [0, 0.1) is 6.92 Å². The third-order valence-corrected chi connectivity index (χ3v) is 4.12. The highest BCUT2D eigenvalue weighted by Gasteiger charge is 2.26. The van der Waals surface area contributed by atoms with E-state index in [4.69, 9.17) is 0 Å². The summed E-state index contributed by atoms with van der Waals surface area (Å²) in [6.45, 7) is 1.82. The van der Waals surface area contributed by atoms with E-state index in [1.807, 2.05) is 32.0 Å². The average molecular weight is 312 g/mol. The third kappa shape index (κ3) is 2.72. The second-order valence-electron chi connectivity index (χ2n) is 5.98. The first-order valence-electron chi connectivity index (χ1n) is 7.67. The number of pyridine rings is 1. The molecule has 1 aliphatic carbocycles. The van der Waals surface area contributed by atoms with Crippen molar-refractivity contribution in [2.75, 3.05) is 24.3 Å². The minimum atomic E-state index is -0.249. The molecule has 6 heteroatoms. The molecule has 0 spiro atoms. The molecule has 0 saturated heterocycles. The van der Waals surface area contributed by atoms with Crippen LogP contribution in [-0.2, 0) is 6.42 Å². The molecule has 1 aliphatic rings. The predicted octanol–water partition coefficient (Wildman–Crippen LogP) is 2.56. The number of nitrogens with zero attached hydrogens (tertiary/aromatic N) is 2. The van der Waals surface area contributed by atoms with Crippen LogP contribution in [0.25, 0.3) is 0 Å². The molecule has 0 radical (unpaired) electrons. The molecule has 2 heterocycles. The lowest BCUT2D eigenvalue weighted by molar-refractivity contribution is 0.0971. The quantitative estimate of drug-likeness (QED) is 0.913. The maximum Gasteiger partial charge on any atom is 0.272 e. The smallest absolute Gasteiger partial charge is 0.272 e. The van der Waals surface area contributed by atoms with Crippen molar-refractivity contribution in [1.82, 2.24) is 9.97 Å².